The van der Waals surface area contributed by atoms with Crippen molar-refractivity contribution in [3.8, 4) is 0 Å². The van der Waals surface area contributed by atoms with Crippen LogP contribution in [0.5, 0.6) is 0 Å². The molecule has 1 aromatic rings. The van der Waals surface area contributed by atoms with Crippen LogP contribution < -0.4 is 0 Å². The normalized spacial score (nSPS) is 12.9. The molecule has 0 saturated carbocycles. The Morgan fingerprint density at radius 2 is 1.74 bits per heavy atom. The highest BCUT2D eigenvalue weighted by atomic mass is 19.4. The molecule has 0 aromatic heterocycles. The lowest BCUT2D eigenvalue weighted by atomic mass is 9.94. The molecule has 1 rings (SSSR count). The predicted octanol–water partition coefficient (Wildman–Crippen LogP) is 2.94. The summed E-state index contributed by atoms with van der Waals surface area (Å²) in [6.45, 7) is 2.88. The van der Waals surface area contributed by atoms with Crippen LogP contribution in [0.4, 0.5) is 13.2 Å². The molecule has 104 valence electrons. The van der Waals surface area contributed by atoms with E-state index >= 15 is 0 Å². The summed E-state index contributed by atoms with van der Waals surface area (Å²) in [6.07, 6.45) is -4.45. The number of rotatable bonds is 4. The molecule has 1 atom stereocenters. The summed E-state index contributed by atoms with van der Waals surface area (Å²) in [4.78, 5) is 23.0. The number of ketones is 1. The fraction of sp³-hybridized carbons (Fsp3) is 0.385. The van der Waals surface area contributed by atoms with Gasteiger partial charge in [0.2, 0.25) is 0 Å². The minimum Gasteiger partial charge on any atom is -0.465 e. The van der Waals surface area contributed by atoms with Gasteiger partial charge in [0.05, 0.1) is 12.2 Å². The standard InChI is InChI=1S/C13H13F3O3/c1-3-19-12(18)11(8(2)17)9-4-6-10(7-5-9)13(14,15)16/h4-7,11H,3H2,1-2H3. The lowest BCUT2D eigenvalue weighted by Crippen LogP contribution is -2.22. The Labute approximate surface area is 108 Å². The van der Waals surface area contributed by atoms with E-state index < -0.39 is 29.4 Å². The molecule has 19 heavy (non-hydrogen) atoms. The quantitative estimate of drug-likeness (QED) is 0.626. The number of esters is 1. The number of Topliss-reactive ketones (excluding diaryl/α,β-unsaturated/α-hetero) is 1. The number of ether oxygens (including phenoxy) is 1. The summed E-state index contributed by atoms with van der Waals surface area (Å²) in [5.41, 5.74) is -0.638. The van der Waals surface area contributed by atoms with Crippen molar-refractivity contribution in [3.05, 3.63) is 35.4 Å². The Hall–Kier alpha value is -1.85. The van der Waals surface area contributed by atoms with Gasteiger partial charge in [-0.3, -0.25) is 9.59 Å². The van der Waals surface area contributed by atoms with Crippen LogP contribution >= 0.6 is 0 Å². The Morgan fingerprint density at radius 1 is 1.21 bits per heavy atom. The minimum absolute atomic E-state index is 0.100. The molecule has 0 saturated heterocycles. The van der Waals surface area contributed by atoms with Crippen LogP contribution in [0.2, 0.25) is 0 Å². The molecule has 0 bridgehead atoms. The first-order valence-electron chi connectivity index (χ1n) is 5.61. The number of alkyl halides is 3. The molecule has 0 aliphatic rings. The second kappa shape index (κ2) is 5.86. The highest BCUT2D eigenvalue weighted by Crippen LogP contribution is 2.30. The largest absolute Gasteiger partial charge is 0.465 e. The van der Waals surface area contributed by atoms with Crippen LogP contribution in [0.15, 0.2) is 24.3 Å². The summed E-state index contributed by atoms with van der Waals surface area (Å²) in [6, 6.07) is 3.91. The van der Waals surface area contributed by atoms with Gasteiger partial charge in [-0.1, -0.05) is 12.1 Å². The maximum Gasteiger partial charge on any atom is 0.416 e. The van der Waals surface area contributed by atoms with Crippen molar-refractivity contribution in [2.75, 3.05) is 6.61 Å². The van der Waals surface area contributed by atoms with Crippen LogP contribution in [-0.2, 0) is 20.5 Å². The third-order valence-corrected chi connectivity index (χ3v) is 2.50. The van der Waals surface area contributed by atoms with Gasteiger partial charge >= 0.3 is 12.1 Å². The van der Waals surface area contributed by atoms with Crippen molar-refractivity contribution in [3.63, 3.8) is 0 Å². The van der Waals surface area contributed by atoms with E-state index in [1.807, 2.05) is 0 Å². The summed E-state index contributed by atoms with van der Waals surface area (Å²) in [5.74, 6) is -2.41. The van der Waals surface area contributed by atoms with E-state index in [9.17, 15) is 22.8 Å². The van der Waals surface area contributed by atoms with Crippen LogP contribution in [0.1, 0.15) is 30.9 Å². The molecular weight excluding hydrogens is 261 g/mol. The first-order valence-corrected chi connectivity index (χ1v) is 5.61. The van der Waals surface area contributed by atoms with Crippen molar-refractivity contribution < 1.29 is 27.5 Å². The zero-order chi connectivity index (χ0) is 14.6. The molecular formula is C13H13F3O3. The van der Waals surface area contributed by atoms with E-state index in [1.165, 1.54) is 6.92 Å². The Kier molecular flexibility index (Phi) is 4.69. The third kappa shape index (κ3) is 3.81. The SMILES string of the molecule is CCOC(=O)C(C(C)=O)c1ccc(C(F)(F)F)cc1. The van der Waals surface area contributed by atoms with E-state index in [-0.39, 0.29) is 12.2 Å². The van der Waals surface area contributed by atoms with E-state index in [1.54, 1.807) is 6.92 Å². The number of hydrogen-bond acceptors (Lipinski definition) is 3. The third-order valence-electron chi connectivity index (χ3n) is 2.50. The molecule has 0 radical (unpaired) electrons. The van der Waals surface area contributed by atoms with Crippen molar-refractivity contribution in [2.45, 2.75) is 25.9 Å². The number of benzene rings is 1. The van der Waals surface area contributed by atoms with E-state index in [0.717, 1.165) is 24.3 Å². The first kappa shape index (κ1) is 15.2. The van der Waals surface area contributed by atoms with Crippen molar-refractivity contribution in [1.82, 2.24) is 0 Å². The number of carbonyl (C=O) groups is 2. The molecule has 0 N–H and O–H groups in total. The van der Waals surface area contributed by atoms with Gasteiger partial charge in [0.25, 0.3) is 0 Å². The van der Waals surface area contributed by atoms with Gasteiger partial charge in [-0.15, -0.1) is 0 Å². The molecule has 0 spiro atoms. The predicted molar refractivity (Wildman–Crippen MR) is 61.5 cm³/mol. The summed E-state index contributed by atoms with van der Waals surface area (Å²) >= 11 is 0. The molecule has 1 aromatic carbocycles. The molecule has 1 unspecified atom stereocenters. The smallest absolute Gasteiger partial charge is 0.416 e. The van der Waals surface area contributed by atoms with Gasteiger partial charge in [0.1, 0.15) is 11.7 Å². The molecule has 0 fully saturated rings. The fourth-order valence-corrected chi connectivity index (χ4v) is 1.63. The van der Waals surface area contributed by atoms with Crippen LogP contribution in [0.3, 0.4) is 0 Å². The Bertz CT molecular complexity index is 463. The van der Waals surface area contributed by atoms with Gasteiger partial charge in [0.15, 0.2) is 0 Å². The zero-order valence-corrected chi connectivity index (χ0v) is 10.5. The van der Waals surface area contributed by atoms with Gasteiger partial charge in [-0.2, -0.15) is 13.2 Å². The molecule has 0 aliphatic heterocycles. The van der Waals surface area contributed by atoms with E-state index in [4.69, 9.17) is 4.74 Å². The maximum absolute atomic E-state index is 12.4. The second-order valence-electron chi connectivity index (χ2n) is 3.92. The topological polar surface area (TPSA) is 43.4 Å². The molecule has 0 amide bonds. The summed E-state index contributed by atoms with van der Waals surface area (Å²) in [7, 11) is 0. The number of halogens is 3. The first-order chi connectivity index (χ1) is 8.77. The Balaban J connectivity index is 3.05. The van der Waals surface area contributed by atoms with Crippen molar-refractivity contribution in [2.24, 2.45) is 0 Å². The van der Waals surface area contributed by atoms with Crippen molar-refractivity contribution >= 4 is 11.8 Å². The minimum atomic E-state index is -4.45. The number of carbonyl (C=O) groups excluding carboxylic acids is 2. The van der Waals surface area contributed by atoms with Crippen LogP contribution in [-0.4, -0.2) is 18.4 Å². The highest BCUT2D eigenvalue weighted by molar-refractivity contribution is 6.03. The average Bonchev–Trinajstić information content (AvgIpc) is 2.28. The van der Waals surface area contributed by atoms with Gasteiger partial charge in [0, 0.05) is 0 Å². The highest BCUT2D eigenvalue weighted by Gasteiger charge is 2.32. The summed E-state index contributed by atoms with van der Waals surface area (Å²) in [5, 5.41) is 0. The average molecular weight is 274 g/mol. The van der Waals surface area contributed by atoms with Gasteiger partial charge in [-0.05, 0) is 31.5 Å². The lowest BCUT2D eigenvalue weighted by molar-refractivity contribution is -0.147. The zero-order valence-electron chi connectivity index (χ0n) is 10.5. The van der Waals surface area contributed by atoms with Crippen molar-refractivity contribution in [1.29, 1.82) is 0 Å². The Morgan fingerprint density at radius 3 is 2.11 bits per heavy atom. The van der Waals surface area contributed by atoms with E-state index in [0.29, 0.717) is 0 Å². The lowest BCUT2D eigenvalue weighted by Gasteiger charge is -2.14. The molecule has 6 heteroatoms. The van der Waals surface area contributed by atoms with Gasteiger partial charge < -0.3 is 4.74 Å². The van der Waals surface area contributed by atoms with Gasteiger partial charge in [-0.25, -0.2) is 0 Å². The number of hydrogen-bond donors (Lipinski definition) is 0. The van der Waals surface area contributed by atoms with Crippen LogP contribution in [0, 0.1) is 0 Å². The van der Waals surface area contributed by atoms with Crippen LogP contribution in [0.25, 0.3) is 0 Å². The molecule has 0 aliphatic carbocycles. The molecule has 0 heterocycles. The summed E-state index contributed by atoms with van der Waals surface area (Å²) < 4.78 is 41.9. The fourth-order valence-electron chi connectivity index (χ4n) is 1.63. The monoisotopic (exact) mass is 274 g/mol. The second-order valence-corrected chi connectivity index (χ2v) is 3.92. The van der Waals surface area contributed by atoms with E-state index in [2.05, 4.69) is 0 Å². The molecule has 3 nitrogen and oxygen atoms in total. The maximum atomic E-state index is 12.4.